The highest BCUT2D eigenvalue weighted by Crippen LogP contribution is 2.28. The van der Waals surface area contributed by atoms with Crippen LogP contribution in [0.3, 0.4) is 0 Å². The van der Waals surface area contributed by atoms with Gasteiger partial charge in [-0.15, -0.1) is 12.4 Å². The van der Waals surface area contributed by atoms with Crippen molar-refractivity contribution in [1.29, 1.82) is 0 Å². The second-order valence-corrected chi connectivity index (χ2v) is 5.54. The number of Topliss-reactive ketones (excluding diaryl/α,β-unsaturated/α-hetero) is 2. The Morgan fingerprint density at radius 3 is 1.96 bits per heavy atom. The Kier molecular flexibility index (Phi) is 7.18. The van der Waals surface area contributed by atoms with E-state index < -0.39 is 11.6 Å². The van der Waals surface area contributed by atoms with Crippen LogP contribution in [0.15, 0.2) is 36.4 Å². The van der Waals surface area contributed by atoms with Gasteiger partial charge in [-0.1, -0.05) is 51.1 Å². The smallest absolute Gasteiger partial charge is 0.235 e. The minimum Gasteiger partial charge on any atom is -0.398 e. The van der Waals surface area contributed by atoms with Gasteiger partial charge >= 0.3 is 0 Å². The number of ketones is 2. The van der Waals surface area contributed by atoms with Crippen LogP contribution in [0.25, 0.3) is 0 Å². The molecule has 4 heteroatoms. The van der Waals surface area contributed by atoms with Crippen molar-refractivity contribution in [2.24, 2.45) is 0 Å². The zero-order valence-electron chi connectivity index (χ0n) is 14.4. The average Bonchev–Trinajstić information content (AvgIpc) is 2.60. The molecule has 0 bridgehead atoms. The van der Waals surface area contributed by atoms with Crippen molar-refractivity contribution in [3.8, 4) is 0 Å². The summed E-state index contributed by atoms with van der Waals surface area (Å²) >= 11 is 0. The lowest BCUT2D eigenvalue weighted by Crippen LogP contribution is -2.18. The highest BCUT2D eigenvalue weighted by molar-refractivity contribution is 6.50. The molecule has 0 aliphatic heterocycles. The quantitative estimate of drug-likeness (QED) is 0.478. The molecule has 24 heavy (non-hydrogen) atoms. The van der Waals surface area contributed by atoms with Crippen LogP contribution >= 0.6 is 12.4 Å². The highest BCUT2D eigenvalue weighted by atomic mass is 35.5. The van der Waals surface area contributed by atoms with Gasteiger partial charge in [0.2, 0.25) is 11.6 Å². The predicted octanol–water partition coefficient (Wildman–Crippen LogP) is 4.44. The molecule has 0 saturated heterocycles. The number of nitrogen functional groups attached to an aromatic ring is 1. The van der Waals surface area contributed by atoms with E-state index >= 15 is 0 Å². The van der Waals surface area contributed by atoms with E-state index in [4.69, 9.17) is 5.73 Å². The van der Waals surface area contributed by atoms with Gasteiger partial charge in [-0.2, -0.15) is 0 Å². The summed E-state index contributed by atoms with van der Waals surface area (Å²) in [5.41, 5.74) is 10.7. The van der Waals surface area contributed by atoms with E-state index in [0.717, 1.165) is 30.4 Å². The number of hydrogen-bond acceptors (Lipinski definition) is 3. The molecule has 0 radical (unpaired) electrons. The van der Waals surface area contributed by atoms with E-state index in [9.17, 15) is 9.59 Å². The summed E-state index contributed by atoms with van der Waals surface area (Å²) in [5, 5.41) is 0. The fourth-order valence-electron chi connectivity index (χ4n) is 3.05. The number of anilines is 1. The third kappa shape index (κ3) is 3.68. The van der Waals surface area contributed by atoms with Crippen molar-refractivity contribution in [3.05, 3.63) is 64.2 Å². The van der Waals surface area contributed by atoms with Gasteiger partial charge in [-0.05, 0) is 42.0 Å². The molecule has 0 aliphatic rings. The van der Waals surface area contributed by atoms with Gasteiger partial charge in [0.1, 0.15) is 0 Å². The van der Waals surface area contributed by atoms with Crippen molar-refractivity contribution in [2.45, 2.75) is 40.0 Å². The van der Waals surface area contributed by atoms with Crippen molar-refractivity contribution in [3.63, 3.8) is 0 Å². The first-order chi connectivity index (χ1) is 11.0. The summed E-state index contributed by atoms with van der Waals surface area (Å²) in [6, 6.07) is 10.4. The highest BCUT2D eigenvalue weighted by Gasteiger charge is 2.23. The molecule has 3 nitrogen and oxygen atoms in total. The number of carbonyl (C=O) groups is 2. The third-order valence-corrected chi connectivity index (χ3v) is 4.26. The summed E-state index contributed by atoms with van der Waals surface area (Å²) in [4.78, 5) is 25.1. The molecule has 2 aromatic carbocycles. The molecule has 0 atom stereocenters. The van der Waals surface area contributed by atoms with Crippen molar-refractivity contribution >= 4 is 29.7 Å². The normalized spacial score (nSPS) is 10.1. The minimum atomic E-state index is -0.527. The number of carbonyl (C=O) groups excluding carboxylic acids is 2. The van der Waals surface area contributed by atoms with Crippen LogP contribution < -0.4 is 5.73 Å². The van der Waals surface area contributed by atoms with Crippen molar-refractivity contribution < 1.29 is 9.59 Å². The molecule has 0 aliphatic carbocycles. The SMILES string of the molecule is CCc1cc(C(=O)C(=O)c2ccccc2)c(N)c(CC)c1CC.Cl. The first kappa shape index (κ1) is 19.9. The van der Waals surface area contributed by atoms with E-state index in [2.05, 4.69) is 13.8 Å². The van der Waals surface area contributed by atoms with Gasteiger partial charge < -0.3 is 5.73 Å². The van der Waals surface area contributed by atoms with Crippen LogP contribution in [0.4, 0.5) is 5.69 Å². The Morgan fingerprint density at radius 1 is 0.875 bits per heavy atom. The molecule has 2 aromatic rings. The molecule has 0 heterocycles. The predicted molar refractivity (Wildman–Crippen MR) is 101 cm³/mol. The Hall–Kier alpha value is -2.13. The van der Waals surface area contributed by atoms with Gasteiger partial charge in [-0.25, -0.2) is 0 Å². The largest absolute Gasteiger partial charge is 0.398 e. The number of halogens is 1. The number of benzene rings is 2. The second-order valence-electron chi connectivity index (χ2n) is 5.54. The maximum Gasteiger partial charge on any atom is 0.235 e. The van der Waals surface area contributed by atoms with Crippen LogP contribution in [0.2, 0.25) is 0 Å². The minimum absolute atomic E-state index is 0. The number of rotatable bonds is 6. The fraction of sp³-hybridized carbons (Fsp3) is 0.300. The lowest BCUT2D eigenvalue weighted by atomic mass is 9.88. The van der Waals surface area contributed by atoms with Gasteiger partial charge in [0.05, 0.1) is 0 Å². The zero-order valence-corrected chi connectivity index (χ0v) is 15.2. The zero-order chi connectivity index (χ0) is 17.0. The second kappa shape index (κ2) is 8.65. The summed E-state index contributed by atoms with van der Waals surface area (Å²) in [5.74, 6) is -1.04. The standard InChI is InChI=1S/C20H23NO2.ClH/c1-4-13-12-17(18(21)16(6-3)15(13)5-2)20(23)19(22)14-10-8-7-9-11-14;/h7-12H,4-6,21H2,1-3H3;1H. The van der Waals surface area contributed by atoms with E-state index in [-0.39, 0.29) is 12.4 Å². The number of hydrogen-bond donors (Lipinski definition) is 1. The van der Waals surface area contributed by atoms with Crippen LogP contribution in [0.5, 0.6) is 0 Å². The molecule has 2 rings (SSSR count). The molecule has 0 aromatic heterocycles. The van der Waals surface area contributed by atoms with E-state index in [1.165, 1.54) is 5.56 Å². The van der Waals surface area contributed by atoms with Crippen molar-refractivity contribution in [1.82, 2.24) is 0 Å². The summed E-state index contributed by atoms with van der Waals surface area (Å²) < 4.78 is 0. The third-order valence-electron chi connectivity index (χ3n) is 4.26. The lowest BCUT2D eigenvalue weighted by molar-refractivity contribution is 0.0817. The Morgan fingerprint density at radius 2 is 1.46 bits per heavy atom. The maximum absolute atomic E-state index is 12.7. The van der Waals surface area contributed by atoms with Crippen LogP contribution in [0, 0.1) is 0 Å². The number of nitrogens with two attached hydrogens (primary N) is 1. The molecule has 2 N–H and O–H groups in total. The molecule has 0 spiro atoms. The first-order valence-corrected chi connectivity index (χ1v) is 8.12. The maximum atomic E-state index is 12.7. The van der Waals surface area contributed by atoms with Crippen molar-refractivity contribution in [2.75, 3.05) is 5.73 Å². The first-order valence-electron chi connectivity index (χ1n) is 8.12. The summed E-state index contributed by atoms with van der Waals surface area (Å²) in [6.45, 7) is 6.17. The molecular weight excluding hydrogens is 322 g/mol. The Labute approximate surface area is 149 Å². The molecule has 0 unspecified atom stereocenters. The summed E-state index contributed by atoms with van der Waals surface area (Å²) in [6.07, 6.45) is 2.44. The number of aryl methyl sites for hydroxylation is 1. The van der Waals surface area contributed by atoms with Gasteiger partial charge in [0, 0.05) is 16.8 Å². The average molecular weight is 346 g/mol. The van der Waals surface area contributed by atoms with Crippen LogP contribution in [-0.4, -0.2) is 11.6 Å². The fourth-order valence-corrected chi connectivity index (χ4v) is 3.05. The Balaban J connectivity index is 0.00000288. The van der Waals surface area contributed by atoms with E-state index in [1.807, 2.05) is 13.0 Å². The molecular formula is C20H24ClNO2. The van der Waals surface area contributed by atoms with Gasteiger partial charge in [0.15, 0.2) is 0 Å². The Bertz CT molecular complexity index is 739. The molecule has 0 amide bonds. The van der Waals surface area contributed by atoms with Crippen LogP contribution in [-0.2, 0) is 19.3 Å². The van der Waals surface area contributed by atoms with Crippen LogP contribution in [0.1, 0.15) is 58.2 Å². The van der Waals surface area contributed by atoms with E-state index in [0.29, 0.717) is 16.8 Å². The monoisotopic (exact) mass is 345 g/mol. The van der Waals surface area contributed by atoms with Gasteiger partial charge in [-0.3, -0.25) is 9.59 Å². The van der Waals surface area contributed by atoms with E-state index in [1.54, 1.807) is 30.3 Å². The summed E-state index contributed by atoms with van der Waals surface area (Å²) in [7, 11) is 0. The molecule has 0 fully saturated rings. The molecule has 0 saturated carbocycles. The molecule has 128 valence electrons. The topological polar surface area (TPSA) is 60.2 Å². The lowest BCUT2D eigenvalue weighted by Gasteiger charge is -2.17. The van der Waals surface area contributed by atoms with Gasteiger partial charge in [0.25, 0.3) is 0 Å².